The van der Waals surface area contributed by atoms with Crippen LogP contribution in [-0.4, -0.2) is 26.9 Å². The van der Waals surface area contributed by atoms with E-state index in [1.54, 1.807) is 13.0 Å². The number of hydrogen-bond donors (Lipinski definition) is 2. The van der Waals surface area contributed by atoms with Gasteiger partial charge in [-0.1, -0.05) is 19.4 Å². The first kappa shape index (κ1) is 17.7. The highest BCUT2D eigenvalue weighted by Gasteiger charge is 2.19. The Morgan fingerprint density at radius 3 is 2.52 bits per heavy atom. The molecule has 0 spiro atoms. The van der Waals surface area contributed by atoms with Crippen molar-refractivity contribution in [2.24, 2.45) is 0 Å². The minimum absolute atomic E-state index is 0.123. The van der Waals surface area contributed by atoms with Crippen molar-refractivity contribution in [3.05, 3.63) is 29.3 Å². The van der Waals surface area contributed by atoms with Crippen LogP contribution in [0.3, 0.4) is 0 Å². The summed E-state index contributed by atoms with van der Waals surface area (Å²) >= 11 is 0. The molecule has 6 heteroatoms. The van der Waals surface area contributed by atoms with E-state index in [-0.39, 0.29) is 16.8 Å². The fourth-order valence-electron chi connectivity index (χ4n) is 2.09. The lowest BCUT2D eigenvalue weighted by atomic mass is 10.1. The molecule has 1 aromatic rings. The summed E-state index contributed by atoms with van der Waals surface area (Å²) in [7, 11) is -3.60. The molecule has 0 saturated heterocycles. The highest BCUT2D eigenvalue weighted by atomic mass is 32.2. The van der Waals surface area contributed by atoms with Gasteiger partial charge in [-0.25, -0.2) is 13.1 Å². The fraction of sp³-hybridized carbons (Fsp3) is 0.533. The van der Waals surface area contributed by atoms with Gasteiger partial charge in [0.05, 0.1) is 4.90 Å². The molecule has 0 aromatic heterocycles. The first-order valence-corrected chi connectivity index (χ1v) is 8.71. The Kier molecular flexibility index (Phi) is 6.36. The van der Waals surface area contributed by atoms with Crippen LogP contribution < -0.4 is 10.0 Å². The number of nitrogens with one attached hydrogen (secondary N) is 2. The molecule has 5 nitrogen and oxygen atoms in total. The minimum atomic E-state index is -3.60. The summed E-state index contributed by atoms with van der Waals surface area (Å²) in [6.07, 6.45) is 1.68. The Bertz CT molecular complexity index is 597. The maximum absolute atomic E-state index is 12.3. The number of hydrogen-bond acceptors (Lipinski definition) is 3. The quantitative estimate of drug-likeness (QED) is 0.810. The van der Waals surface area contributed by atoms with Gasteiger partial charge in [0.2, 0.25) is 10.0 Å². The van der Waals surface area contributed by atoms with E-state index in [0.717, 1.165) is 18.4 Å². The summed E-state index contributed by atoms with van der Waals surface area (Å²) < 4.78 is 27.3. The van der Waals surface area contributed by atoms with Crippen molar-refractivity contribution in [3.8, 4) is 0 Å². The lowest BCUT2D eigenvalue weighted by Crippen LogP contribution is -2.32. The van der Waals surface area contributed by atoms with Gasteiger partial charge in [0.25, 0.3) is 5.91 Å². The van der Waals surface area contributed by atoms with E-state index in [1.807, 2.05) is 20.8 Å². The first-order chi connectivity index (χ1) is 9.81. The number of amides is 1. The molecule has 1 aromatic carbocycles. The molecule has 0 aliphatic carbocycles. The number of aryl methyl sites for hydroxylation is 1. The van der Waals surface area contributed by atoms with E-state index in [9.17, 15) is 13.2 Å². The molecule has 2 N–H and O–H groups in total. The van der Waals surface area contributed by atoms with Crippen molar-refractivity contribution in [1.29, 1.82) is 0 Å². The Morgan fingerprint density at radius 1 is 1.29 bits per heavy atom. The summed E-state index contributed by atoms with van der Waals surface area (Å²) in [4.78, 5) is 12.1. The second-order valence-corrected chi connectivity index (χ2v) is 6.86. The molecule has 1 amide bonds. The molecule has 118 valence electrons. The molecule has 21 heavy (non-hydrogen) atoms. The number of carbonyl (C=O) groups is 1. The van der Waals surface area contributed by atoms with E-state index in [0.29, 0.717) is 12.1 Å². The van der Waals surface area contributed by atoms with E-state index >= 15 is 0 Å². The van der Waals surface area contributed by atoms with Gasteiger partial charge in [0.1, 0.15) is 0 Å². The topological polar surface area (TPSA) is 75.3 Å². The third-order valence-corrected chi connectivity index (χ3v) is 4.77. The SMILES string of the molecule is CCC[C@@H](C)NS(=O)(=O)c1ccc(C)c(C(=O)NCC)c1. The Hall–Kier alpha value is -1.40. The standard InChI is InChI=1S/C15H24N2O3S/c1-5-7-12(4)17-21(19,20)13-9-8-11(3)14(10-13)15(18)16-6-2/h8-10,12,17H,5-7H2,1-4H3,(H,16,18)/t12-/m1/s1. The zero-order chi connectivity index (χ0) is 16.0. The highest BCUT2D eigenvalue weighted by molar-refractivity contribution is 7.89. The normalized spacial score (nSPS) is 13.0. The van der Waals surface area contributed by atoms with Gasteiger partial charge >= 0.3 is 0 Å². The molecule has 0 radical (unpaired) electrons. The van der Waals surface area contributed by atoms with E-state index in [4.69, 9.17) is 0 Å². The predicted octanol–water partition coefficient (Wildman–Crippen LogP) is 2.21. The van der Waals surface area contributed by atoms with E-state index in [2.05, 4.69) is 10.0 Å². The number of benzene rings is 1. The lowest BCUT2D eigenvalue weighted by Gasteiger charge is -2.14. The molecule has 0 bridgehead atoms. The molecular formula is C15H24N2O3S. The van der Waals surface area contributed by atoms with Gasteiger partial charge in [-0.3, -0.25) is 4.79 Å². The van der Waals surface area contributed by atoms with E-state index < -0.39 is 10.0 Å². The van der Waals surface area contributed by atoms with Crippen LogP contribution in [0.5, 0.6) is 0 Å². The largest absolute Gasteiger partial charge is 0.352 e. The summed E-state index contributed by atoms with van der Waals surface area (Å²) in [5, 5.41) is 2.69. The second kappa shape index (κ2) is 7.56. The summed E-state index contributed by atoms with van der Waals surface area (Å²) in [5.41, 5.74) is 1.14. The van der Waals surface area contributed by atoms with Gasteiger partial charge in [-0.05, 0) is 44.9 Å². The minimum Gasteiger partial charge on any atom is -0.352 e. The predicted molar refractivity (Wildman–Crippen MR) is 83.9 cm³/mol. The molecule has 0 aliphatic rings. The van der Waals surface area contributed by atoms with Crippen LogP contribution in [0.2, 0.25) is 0 Å². The average Bonchev–Trinajstić information content (AvgIpc) is 2.38. The van der Waals surface area contributed by atoms with Crippen molar-refractivity contribution < 1.29 is 13.2 Å². The zero-order valence-electron chi connectivity index (χ0n) is 13.1. The number of carbonyl (C=O) groups excluding carboxylic acids is 1. The van der Waals surface area contributed by atoms with Crippen molar-refractivity contribution in [3.63, 3.8) is 0 Å². The molecule has 0 saturated carbocycles. The lowest BCUT2D eigenvalue weighted by molar-refractivity contribution is 0.0955. The van der Waals surface area contributed by atoms with Crippen LogP contribution in [0.15, 0.2) is 23.1 Å². The maximum atomic E-state index is 12.3. The van der Waals surface area contributed by atoms with Crippen molar-refractivity contribution in [2.45, 2.75) is 51.5 Å². The fourth-order valence-corrected chi connectivity index (χ4v) is 3.40. The Labute approximate surface area is 127 Å². The third kappa shape index (κ3) is 4.82. The van der Waals surface area contributed by atoms with E-state index in [1.165, 1.54) is 12.1 Å². The Balaban J connectivity index is 3.08. The zero-order valence-corrected chi connectivity index (χ0v) is 13.9. The highest BCUT2D eigenvalue weighted by Crippen LogP contribution is 2.16. The van der Waals surface area contributed by atoms with Gasteiger partial charge in [0, 0.05) is 18.2 Å². The maximum Gasteiger partial charge on any atom is 0.251 e. The molecule has 0 heterocycles. The Morgan fingerprint density at radius 2 is 1.95 bits per heavy atom. The third-order valence-electron chi connectivity index (χ3n) is 3.18. The summed E-state index contributed by atoms with van der Waals surface area (Å²) in [5.74, 6) is -0.256. The van der Waals surface area contributed by atoms with Gasteiger partial charge in [0.15, 0.2) is 0 Å². The van der Waals surface area contributed by atoms with Gasteiger partial charge < -0.3 is 5.32 Å². The van der Waals surface area contributed by atoms with Crippen LogP contribution >= 0.6 is 0 Å². The second-order valence-electron chi connectivity index (χ2n) is 5.15. The average molecular weight is 312 g/mol. The first-order valence-electron chi connectivity index (χ1n) is 7.23. The van der Waals surface area contributed by atoms with Crippen LogP contribution in [0.4, 0.5) is 0 Å². The summed E-state index contributed by atoms with van der Waals surface area (Å²) in [6.45, 7) is 7.95. The smallest absolute Gasteiger partial charge is 0.251 e. The molecular weight excluding hydrogens is 288 g/mol. The molecule has 1 atom stereocenters. The van der Waals surface area contributed by atoms with Crippen LogP contribution in [0, 0.1) is 6.92 Å². The van der Waals surface area contributed by atoms with Gasteiger partial charge in [-0.2, -0.15) is 0 Å². The van der Waals surface area contributed by atoms with Gasteiger partial charge in [-0.15, -0.1) is 0 Å². The number of sulfonamides is 1. The molecule has 0 unspecified atom stereocenters. The van der Waals surface area contributed by atoms with Crippen LogP contribution in [0.1, 0.15) is 49.5 Å². The van der Waals surface area contributed by atoms with Crippen molar-refractivity contribution in [2.75, 3.05) is 6.54 Å². The molecule has 1 rings (SSSR count). The van der Waals surface area contributed by atoms with Crippen molar-refractivity contribution >= 4 is 15.9 Å². The molecule has 0 fully saturated rings. The number of rotatable bonds is 7. The summed E-state index contributed by atoms with van der Waals surface area (Å²) in [6, 6.07) is 4.48. The molecule has 0 aliphatic heterocycles. The van der Waals surface area contributed by atoms with Crippen molar-refractivity contribution in [1.82, 2.24) is 10.0 Å². The van der Waals surface area contributed by atoms with Crippen LogP contribution in [-0.2, 0) is 10.0 Å². The monoisotopic (exact) mass is 312 g/mol. The van der Waals surface area contributed by atoms with Crippen LogP contribution in [0.25, 0.3) is 0 Å².